The molecule has 4 nitrogen and oxygen atoms in total. The quantitative estimate of drug-likeness (QED) is 0.643. The molecule has 0 spiro atoms. The van der Waals surface area contributed by atoms with Crippen LogP contribution in [0.2, 0.25) is 0 Å². The van der Waals surface area contributed by atoms with Gasteiger partial charge in [-0.1, -0.05) is 65.1 Å². The molecule has 0 heterocycles. The maximum Gasteiger partial charge on any atom is 0.358 e. The number of carbonyl (C=O) groups is 1. The molecule has 1 fully saturated rings. The van der Waals surface area contributed by atoms with Gasteiger partial charge in [0.25, 0.3) is 3.79 Å². The number of benzene rings is 1. The van der Waals surface area contributed by atoms with Crippen LogP contribution in [0, 0.1) is 0 Å². The second-order valence-electron chi connectivity index (χ2n) is 5.83. The summed E-state index contributed by atoms with van der Waals surface area (Å²) < 4.78 is 3.06. The Morgan fingerprint density at radius 2 is 1.96 bits per heavy atom. The standard InChI is InChI=1S/C16H20Cl3NO3/c1-20(10-11-6-3-2-4-7-11)12-8-5-9-13(14(12)21)23-15(22)16(17,18)19/h2-4,6-7,12-14,21H,5,8-10H2,1H3/t12-,13-,14-/m0/s1. The maximum absolute atomic E-state index is 11.7. The van der Waals surface area contributed by atoms with Crippen LogP contribution in [0.5, 0.6) is 0 Å². The van der Waals surface area contributed by atoms with E-state index in [4.69, 9.17) is 39.5 Å². The van der Waals surface area contributed by atoms with Gasteiger partial charge in [0.2, 0.25) is 0 Å². The van der Waals surface area contributed by atoms with Crippen molar-refractivity contribution in [2.24, 2.45) is 0 Å². The van der Waals surface area contributed by atoms with Gasteiger partial charge in [-0.05, 0) is 31.9 Å². The molecule has 3 atom stereocenters. The van der Waals surface area contributed by atoms with E-state index >= 15 is 0 Å². The normalized spacial score (nSPS) is 25.4. The Hall–Kier alpha value is -0.520. The predicted octanol–water partition coefficient (Wildman–Crippen LogP) is 3.31. The van der Waals surface area contributed by atoms with Crippen molar-refractivity contribution in [2.45, 2.75) is 47.8 Å². The van der Waals surface area contributed by atoms with Crippen molar-refractivity contribution >= 4 is 40.8 Å². The van der Waals surface area contributed by atoms with Crippen molar-refractivity contribution in [3.05, 3.63) is 35.9 Å². The number of esters is 1. The van der Waals surface area contributed by atoms with Gasteiger partial charge in [0, 0.05) is 12.6 Å². The summed E-state index contributed by atoms with van der Waals surface area (Å²) in [5.41, 5.74) is 1.16. The van der Waals surface area contributed by atoms with Crippen molar-refractivity contribution in [1.82, 2.24) is 4.90 Å². The van der Waals surface area contributed by atoms with Crippen LogP contribution in [0.25, 0.3) is 0 Å². The molecule has 0 amide bonds. The van der Waals surface area contributed by atoms with Crippen molar-refractivity contribution in [3.63, 3.8) is 0 Å². The molecule has 1 aromatic carbocycles. The Morgan fingerprint density at radius 1 is 1.30 bits per heavy atom. The zero-order valence-corrected chi connectivity index (χ0v) is 15.1. The molecule has 1 aliphatic carbocycles. The SMILES string of the molecule is CN(Cc1ccccc1)[C@H]1CCC[C@H](OC(=O)C(Cl)(Cl)Cl)[C@H]1O. The number of likely N-dealkylation sites (N-methyl/N-ethyl adjacent to an activating group) is 1. The minimum atomic E-state index is -2.12. The summed E-state index contributed by atoms with van der Waals surface area (Å²) in [6.07, 6.45) is 0.748. The van der Waals surface area contributed by atoms with Crippen LogP contribution in [0.1, 0.15) is 24.8 Å². The Balaban J connectivity index is 1.98. The Labute approximate surface area is 151 Å². The van der Waals surface area contributed by atoms with E-state index in [0.29, 0.717) is 13.0 Å². The van der Waals surface area contributed by atoms with Gasteiger partial charge in [0.15, 0.2) is 0 Å². The largest absolute Gasteiger partial charge is 0.456 e. The third kappa shape index (κ3) is 5.23. The fourth-order valence-corrected chi connectivity index (χ4v) is 3.05. The van der Waals surface area contributed by atoms with Crippen LogP contribution in [-0.2, 0) is 16.1 Å². The molecule has 1 aromatic rings. The van der Waals surface area contributed by atoms with Crippen LogP contribution >= 0.6 is 34.8 Å². The number of carbonyl (C=O) groups excluding carboxylic acids is 1. The molecule has 2 rings (SSSR count). The van der Waals surface area contributed by atoms with Crippen LogP contribution in [-0.4, -0.2) is 45.1 Å². The van der Waals surface area contributed by atoms with Gasteiger partial charge in [-0.15, -0.1) is 0 Å². The highest BCUT2D eigenvalue weighted by Gasteiger charge is 2.40. The van der Waals surface area contributed by atoms with Crippen LogP contribution in [0.4, 0.5) is 0 Å². The smallest absolute Gasteiger partial charge is 0.358 e. The van der Waals surface area contributed by atoms with E-state index in [-0.39, 0.29) is 6.04 Å². The van der Waals surface area contributed by atoms with Gasteiger partial charge in [0.05, 0.1) is 0 Å². The van der Waals surface area contributed by atoms with Crippen molar-refractivity contribution in [2.75, 3.05) is 7.05 Å². The first-order valence-electron chi connectivity index (χ1n) is 7.49. The van der Waals surface area contributed by atoms with Gasteiger partial charge < -0.3 is 9.84 Å². The fourth-order valence-electron chi connectivity index (χ4n) is 2.92. The molecule has 0 saturated heterocycles. The van der Waals surface area contributed by atoms with Crippen molar-refractivity contribution < 1.29 is 14.6 Å². The Kier molecular flexibility index (Phi) is 6.57. The first-order chi connectivity index (χ1) is 10.8. The monoisotopic (exact) mass is 379 g/mol. The highest BCUT2D eigenvalue weighted by molar-refractivity contribution is 6.75. The molecule has 1 N–H and O–H groups in total. The summed E-state index contributed by atoms with van der Waals surface area (Å²) in [5, 5.41) is 10.5. The minimum absolute atomic E-state index is 0.114. The van der Waals surface area contributed by atoms with Crippen LogP contribution in [0.15, 0.2) is 30.3 Å². The van der Waals surface area contributed by atoms with Gasteiger partial charge >= 0.3 is 5.97 Å². The number of halogens is 3. The lowest BCUT2D eigenvalue weighted by Crippen LogP contribution is -2.51. The van der Waals surface area contributed by atoms with Crippen molar-refractivity contribution in [1.29, 1.82) is 0 Å². The molecule has 128 valence electrons. The van der Waals surface area contributed by atoms with Gasteiger partial charge in [-0.25, -0.2) is 4.79 Å². The summed E-state index contributed by atoms with van der Waals surface area (Å²) in [4.78, 5) is 13.8. The van der Waals surface area contributed by atoms with Gasteiger partial charge in [0.1, 0.15) is 12.2 Å². The van der Waals surface area contributed by atoms with E-state index < -0.39 is 22.0 Å². The summed E-state index contributed by atoms with van der Waals surface area (Å²) >= 11 is 16.6. The van der Waals surface area contributed by atoms with Crippen LogP contribution < -0.4 is 0 Å². The zero-order chi connectivity index (χ0) is 17.0. The van der Waals surface area contributed by atoms with Crippen molar-refractivity contribution in [3.8, 4) is 0 Å². The van der Waals surface area contributed by atoms with Gasteiger partial charge in [-0.2, -0.15) is 0 Å². The second-order valence-corrected chi connectivity index (χ2v) is 8.11. The highest BCUT2D eigenvalue weighted by Crippen LogP contribution is 2.31. The number of rotatable bonds is 4. The third-order valence-corrected chi connectivity index (χ3v) is 4.56. The van der Waals surface area contributed by atoms with E-state index in [1.165, 1.54) is 0 Å². The number of alkyl halides is 3. The second kappa shape index (κ2) is 8.04. The number of aliphatic hydroxyl groups is 1. The first-order valence-corrected chi connectivity index (χ1v) is 8.62. The summed E-state index contributed by atoms with van der Waals surface area (Å²) in [7, 11) is 1.94. The third-order valence-electron chi connectivity index (χ3n) is 4.09. The number of ether oxygens (including phenoxy) is 1. The topological polar surface area (TPSA) is 49.8 Å². The number of hydrogen-bond donors (Lipinski definition) is 1. The fraction of sp³-hybridized carbons (Fsp3) is 0.562. The average Bonchev–Trinajstić information content (AvgIpc) is 2.49. The Morgan fingerprint density at radius 3 is 2.57 bits per heavy atom. The summed E-state index contributed by atoms with van der Waals surface area (Å²) in [6.45, 7) is 0.702. The molecule has 0 radical (unpaired) electrons. The summed E-state index contributed by atoms with van der Waals surface area (Å²) in [5.74, 6) is -0.946. The van der Waals surface area contributed by atoms with Gasteiger partial charge in [-0.3, -0.25) is 4.90 Å². The average molecular weight is 381 g/mol. The number of nitrogens with zero attached hydrogens (tertiary/aromatic N) is 1. The lowest BCUT2D eigenvalue weighted by molar-refractivity contribution is -0.160. The zero-order valence-electron chi connectivity index (χ0n) is 12.8. The molecule has 1 saturated carbocycles. The maximum atomic E-state index is 11.7. The molecular weight excluding hydrogens is 361 g/mol. The highest BCUT2D eigenvalue weighted by atomic mass is 35.6. The predicted molar refractivity (Wildman–Crippen MR) is 91.7 cm³/mol. The first kappa shape index (κ1) is 18.8. The molecule has 0 unspecified atom stereocenters. The Bertz CT molecular complexity index is 521. The van der Waals surface area contributed by atoms with E-state index in [0.717, 1.165) is 18.4 Å². The lowest BCUT2D eigenvalue weighted by atomic mass is 9.88. The number of aliphatic hydroxyl groups excluding tert-OH is 1. The number of hydrogen-bond acceptors (Lipinski definition) is 4. The molecule has 0 aliphatic heterocycles. The molecule has 1 aliphatic rings. The van der Waals surface area contributed by atoms with E-state index in [9.17, 15) is 9.90 Å². The lowest BCUT2D eigenvalue weighted by Gasteiger charge is -2.39. The molecular formula is C16H20Cl3NO3. The van der Waals surface area contributed by atoms with E-state index in [2.05, 4.69) is 4.90 Å². The molecule has 0 aromatic heterocycles. The summed E-state index contributed by atoms with van der Waals surface area (Å²) in [6, 6.07) is 9.87. The minimum Gasteiger partial charge on any atom is -0.456 e. The molecule has 23 heavy (non-hydrogen) atoms. The molecule has 0 bridgehead atoms. The van der Waals surface area contributed by atoms with E-state index in [1.54, 1.807) is 0 Å². The van der Waals surface area contributed by atoms with E-state index in [1.807, 2.05) is 37.4 Å². The molecule has 7 heteroatoms. The van der Waals surface area contributed by atoms with Crippen LogP contribution in [0.3, 0.4) is 0 Å².